The second-order valence-electron chi connectivity index (χ2n) is 3.33. The van der Waals surface area contributed by atoms with Gasteiger partial charge in [0, 0.05) is 11.4 Å². The highest BCUT2D eigenvalue weighted by atomic mass is 32.1. The number of carboxylic acid groups (broad SMARTS) is 1. The minimum Gasteiger partial charge on any atom is -0.508 e. The summed E-state index contributed by atoms with van der Waals surface area (Å²) in [6.45, 7) is 0. The van der Waals surface area contributed by atoms with Crippen molar-refractivity contribution >= 4 is 33.3 Å². The van der Waals surface area contributed by atoms with Gasteiger partial charge in [-0.2, -0.15) is 0 Å². The van der Waals surface area contributed by atoms with Gasteiger partial charge in [0.05, 0.1) is 11.0 Å². The van der Waals surface area contributed by atoms with Crippen molar-refractivity contribution in [1.29, 1.82) is 0 Å². The molecule has 6 heteroatoms. The Balaban J connectivity index is 2.52. The van der Waals surface area contributed by atoms with Crippen molar-refractivity contribution in [2.75, 3.05) is 0 Å². The molecule has 0 bridgehead atoms. The molecule has 3 rings (SSSR count). The van der Waals surface area contributed by atoms with Crippen LogP contribution in [0, 0.1) is 0 Å². The van der Waals surface area contributed by atoms with Crippen LogP contribution in [0.3, 0.4) is 0 Å². The summed E-state index contributed by atoms with van der Waals surface area (Å²) in [6.07, 6.45) is 0. The molecule has 1 aromatic carbocycles. The Bertz CT molecular complexity index is 713. The summed E-state index contributed by atoms with van der Waals surface area (Å²) in [5.74, 6) is -0.911. The lowest BCUT2D eigenvalue weighted by Crippen LogP contribution is -2.00. The Morgan fingerprint density at radius 1 is 1.44 bits per heavy atom. The number of benzene rings is 1. The van der Waals surface area contributed by atoms with Crippen molar-refractivity contribution in [2.24, 2.45) is 0 Å². The summed E-state index contributed by atoms with van der Waals surface area (Å²) in [5, 5.41) is 19.9. The van der Waals surface area contributed by atoms with Gasteiger partial charge in [0.2, 0.25) is 0 Å². The van der Waals surface area contributed by atoms with Crippen LogP contribution in [0.1, 0.15) is 10.5 Å². The summed E-state index contributed by atoms with van der Waals surface area (Å²) in [5.41, 5.74) is 1.44. The highest BCUT2D eigenvalue weighted by Crippen LogP contribution is 2.26. The molecule has 0 unspecified atom stereocenters. The third kappa shape index (κ3) is 1.10. The summed E-state index contributed by atoms with van der Waals surface area (Å²) in [7, 11) is 0. The molecule has 0 aliphatic carbocycles. The molecular formula is C10H6N2O3S. The molecule has 0 saturated carbocycles. The smallest absolute Gasteiger partial charge is 0.353 e. The number of thiazole rings is 1. The third-order valence-electron chi connectivity index (χ3n) is 2.34. The number of carboxylic acids is 1. The number of imidazole rings is 1. The first kappa shape index (κ1) is 9.17. The normalized spacial score (nSPS) is 11.2. The van der Waals surface area contributed by atoms with Gasteiger partial charge in [0.25, 0.3) is 0 Å². The lowest BCUT2D eigenvalue weighted by molar-refractivity contribution is 0.0690. The van der Waals surface area contributed by atoms with Crippen LogP contribution in [-0.4, -0.2) is 25.6 Å². The van der Waals surface area contributed by atoms with Crippen LogP contribution in [0.5, 0.6) is 5.75 Å². The van der Waals surface area contributed by atoms with Gasteiger partial charge in [0.1, 0.15) is 11.4 Å². The van der Waals surface area contributed by atoms with E-state index in [2.05, 4.69) is 4.98 Å². The van der Waals surface area contributed by atoms with Crippen LogP contribution in [0.4, 0.5) is 0 Å². The highest BCUT2D eigenvalue weighted by Gasteiger charge is 2.15. The van der Waals surface area contributed by atoms with Gasteiger partial charge < -0.3 is 10.2 Å². The predicted molar refractivity (Wildman–Crippen MR) is 59.2 cm³/mol. The van der Waals surface area contributed by atoms with Crippen molar-refractivity contribution in [3.63, 3.8) is 0 Å². The SMILES string of the molecule is O=C(O)c1csc2nc3ccc(O)cc3n12. The standard InChI is InChI=1S/C10H6N2O3S/c13-5-1-2-6-7(3-5)12-8(9(14)15)4-16-10(12)11-6/h1-4,13H,(H,14,15). The van der Waals surface area contributed by atoms with E-state index < -0.39 is 5.97 Å². The van der Waals surface area contributed by atoms with Crippen LogP contribution in [0.2, 0.25) is 0 Å². The number of nitrogens with zero attached hydrogens (tertiary/aromatic N) is 2. The maximum absolute atomic E-state index is 11.0. The minimum atomic E-state index is -1.01. The van der Waals surface area contributed by atoms with Gasteiger partial charge >= 0.3 is 5.97 Å². The number of phenolic OH excluding ortho intramolecular Hbond substituents is 1. The number of aromatic carboxylic acids is 1. The molecule has 0 saturated heterocycles. The number of hydrogen-bond acceptors (Lipinski definition) is 4. The Kier molecular flexibility index (Phi) is 1.69. The maximum atomic E-state index is 11.0. The predicted octanol–water partition coefficient (Wildman–Crippen LogP) is 1.95. The number of rotatable bonds is 1. The average Bonchev–Trinajstić information content (AvgIpc) is 2.76. The van der Waals surface area contributed by atoms with E-state index in [0.29, 0.717) is 16.0 Å². The molecule has 5 nitrogen and oxygen atoms in total. The molecule has 16 heavy (non-hydrogen) atoms. The molecule has 0 amide bonds. The van der Waals surface area contributed by atoms with Gasteiger partial charge in [-0.15, -0.1) is 11.3 Å². The summed E-state index contributed by atoms with van der Waals surface area (Å²) in [4.78, 5) is 15.9. The molecule has 0 spiro atoms. The lowest BCUT2D eigenvalue weighted by atomic mass is 10.3. The summed E-state index contributed by atoms with van der Waals surface area (Å²) >= 11 is 1.26. The molecule has 2 heterocycles. The van der Waals surface area contributed by atoms with E-state index in [1.54, 1.807) is 6.07 Å². The molecule has 0 aliphatic heterocycles. The minimum absolute atomic E-state index is 0.0943. The van der Waals surface area contributed by atoms with Gasteiger partial charge in [-0.3, -0.25) is 4.40 Å². The number of phenols is 1. The third-order valence-corrected chi connectivity index (χ3v) is 3.17. The molecule has 0 fully saturated rings. The topological polar surface area (TPSA) is 74.8 Å². The van der Waals surface area contributed by atoms with Gasteiger partial charge in [-0.05, 0) is 12.1 Å². The number of carbonyl (C=O) groups is 1. The number of aromatic nitrogens is 2. The lowest BCUT2D eigenvalue weighted by Gasteiger charge is -1.95. The Morgan fingerprint density at radius 3 is 3.00 bits per heavy atom. The Hall–Kier alpha value is -2.08. The molecule has 2 aromatic heterocycles. The summed E-state index contributed by atoms with van der Waals surface area (Å²) in [6, 6.07) is 4.70. The average molecular weight is 234 g/mol. The van der Waals surface area contributed by atoms with Gasteiger partial charge in [-0.1, -0.05) is 0 Å². The van der Waals surface area contributed by atoms with Crippen LogP contribution in [0.25, 0.3) is 16.0 Å². The van der Waals surface area contributed by atoms with Crippen molar-refractivity contribution in [3.8, 4) is 5.75 Å². The van der Waals surface area contributed by atoms with Gasteiger partial charge in [0.15, 0.2) is 4.96 Å². The number of fused-ring (bicyclic) bond motifs is 3. The quantitative estimate of drug-likeness (QED) is 0.674. The second kappa shape index (κ2) is 2.96. The van der Waals surface area contributed by atoms with E-state index in [9.17, 15) is 9.90 Å². The first-order valence-corrected chi connectivity index (χ1v) is 5.37. The molecule has 0 radical (unpaired) electrons. The molecule has 80 valence electrons. The molecule has 2 N–H and O–H groups in total. The van der Waals surface area contributed by atoms with E-state index in [1.807, 2.05) is 0 Å². The zero-order valence-electron chi connectivity index (χ0n) is 7.91. The van der Waals surface area contributed by atoms with E-state index in [-0.39, 0.29) is 11.4 Å². The van der Waals surface area contributed by atoms with E-state index in [4.69, 9.17) is 5.11 Å². The van der Waals surface area contributed by atoms with Crippen molar-refractivity contribution in [3.05, 3.63) is 29.3 Å². The Labute approximate surface area is 93.2 Å². The van der Waals surface area contributed by atoms with E-state index >= 15 is 0 Å². The molecule has 3 aromatic rings. The zero-order valence-corrected chi connectivity index (χ0v) is 8.73. The zero-order chi connectivity index (χ0) is 11.3. The van der Waals surface area contributed by atoms with Crippen LogP contribution < -0.4 is 0 Å². The van der Waals surface area contributed by atoms with E-state index in [0.717, 1.165) is 0 Å². The monoisotopic (exact) mass is 234 g/mol. The second-order valence-corrected chi connectivity index (χ2v) is 4.17. The van der Waals surface area contributed by atoms with Crippen LogP contribution >= 0.6 is 11.3 Å². The van der Waals surface area contributed by atoms with Crippen LogP contribution in [-0.2, 0) is 0 Å². The maximum Gasteiger partial charge on any atom is 0.353 e. The van der Waals surface area contributed by atoms with Crippen LogP contribution in [0.15, 0.2) is 23.6 Å². The molecule has 0 aliphatic rings. The highest BCUT2D eigenvalue weighted by molar-refractivity contribution is 7.15. The fourth-order valence-corrected chi connectivity index (χ4v) is 2.54. The first-order chi connectivity index (χ1) is 7.66. The largest absolute Gasteiger partial charge is 0.508 e. The molecular weight excluding hydrogens is 228 g/mol. The molecule has 0 atom stereocenters. The van der Waals surface area contributed by atoms with Crippen molar-refractivity contribution < 1.29 is 15.0 Å². The first-order valence-electron chi connectivity index (χ1n) is 4.49. The van der Waals surface area contributed by atoms with E-state index in [1.165, 1.54) is 33.3 Å². The fourth-order valence-electron chi connectivity index (χ4n) is 1.66. The summed E-state index contributed by atoms with van der Waals surface area (Å²) < 4.78 is 1.53. The Morgan fingerprint density at radius 2 is 2.25 bits per heavy atom. The fraction of sp³-hybridized carbons (Fsp3) is 0. The van der Waals surface area contributed by atoms with Crippen molar-refractivity contribution in [1.82, 2.24) is 9.38 Å². The van der Waals surface area contributed by atoms with Crippen molar-refractivity contribution in [2.45, 2.75) is 0 Å². The number of hydrogen-bond donors (Lipinski definition) is 2. The van der Waals surface area contributed by atoms with Gasteiger partial charge in [-0.25, -0.2) is 9.78 Å². The number of aromatic hydroxyl groups is 1.